The summed E-state index contributed by atoms with van der Waals surface area (Å²) >= 11 is 12.3. The van der Waals surface area contributed by atoms with Crippen LogP contribution in [-0.4, -0.2) is 42.5 Å². The average Bonchev–Trinajstić information content (AvgIpc) is 3.47. The van der Waals surface area contributed by atoms with Crippen LogP contribution < -0.4 is 16.2 Å². The summed E-state index contributed by atoms with van der Waals surface area (Å²) in [5, 5.41) is 14.9. The van der Waals surface area contributed by atoms with Gasteiger partial charge in [0, 0.05) is 35.2 Å². The van der Waals surface area contributed by atoms with Crippen molar-refractivity contribution in [1.82, 2.24) is 24.6 Å². The zero-order valence-corrected chi connectivity index (χ0v) is 25.7. The number of hydrogen-bond acceptors (Lipinski definition) is 6. The van der Waals surface area contributed by atoms with E-state index in [1.807, 2.05) is 32.0 Å². The van der Waals surface area contributed by atoms with Gasteiger partial charge in [0.2, 0.25) is 11.9 Å². The number of hydrogen-bond donors (Lipinski definition) is 3. The molecule has 2 aromatic heterocycles. The molecule has 1 aliphatic heterocycles. The maximum Gasteiger partial charge on any atom is 0.263 e. The molecule has 3 aromatic carbocycles. The molecule has 2 amide bonds. The fourth-order valence-electron chi connectivity index (χ4n) is 5.47. The number of aromatic nitrogens is 4. The number of carbonyl (C=O) groups is 2. The Hall–Kier alpha value is -4.67. The third kappa shape index (κ3) is 5.66. The highest BCUT2D eigenvalue weighted by Crippen LogP contribution is 2.29. The molecule has 1 aliphatic rings. The summed E-state index contributed by atoms with van der Waals surface area (Å²) in [5.41, 5.74) is 4.34. The molecule has 224 valence electrons. The molecule has 1 unspecified atom stereocenters. The number of nitrogens with zero attached hydrogens (tertiary/aromatic N) is 4. The molecule has 2 atom stereocenters. The second kappa shape index (κ2) is 11.8. The van der Waals surface area contributed by atoms with E-state index >= 15 is 0 Å². The standard InChI is InChI=1S/C32H29Cl2N7O3/c1-17-12-25-29(16-40(17)30(43)21-4-10-26(33)27(34)14-21)38-32(36-18(2)20-5-11-28-22(13-20)15-35-39-28)41(31(25)44)24-8-6-23(7-9-24)37-19(3)42/h4-11,13-15,17-18H,12,16H2,1-3H3,(H,35,39)(H,36,38)(H,37,42)/t17-,18?/m1/s1. The Morgan fingerprint density at radius 1 is 1.05 bits per heavy atom. The lowest BCUT2D eigenvalue weighted by Crippen LogP contribution is -2.46. The number of aromatic amines is 1. The molecule has 3 N–H and O–H groups in total. The van der Waals surface area contributed by atoms with Gasteiger partial charge in [0.05, 0.1) is 45.7 Å². The minimum atomic E-state index is -0.269. The topological polar surface area (TPSA) is 125 Å². The molecule has 10 nitrogen and oxygen atoms in total. The van der Waals surface area contributed by atoms with Gasteiger partial charge in [-0.15, -0.1) is 0 Å². The second-order valence-electron chi connectivity index (χ2n) is 10.9. The van der Waals surface area contributed by atoms with Crippen LogP contribution in [0, 0.1) is 0 Å². The van der Waals surface area contributed by atoms with Gasteiger partial charge in [-0.25, -0.2) is 9.55 Å². The van der Waals surface area contributed by atoms with Crippen LogP contribution in [0.25, 0.3) is 16.6 Å². The van der Waals surface area contributed by atoms with Crippen molar-refractivity contribution in [2.24, 2.45) is 0 Å². The molecule has 5 aromatic rings. The summed E-state index contributed by atoms with van der Waals surface area (Å²) in [7, 11) is 0. The van der Waals surface area contributed by atoms with Crippen LogP contribution in [0.5, 0.6) is 0 Å². The van der Waals surface area contributed by atoms with E-state index in [1.165, 1.54) is 6.92 Å². The molecule has 0 saturated heterocycles. The molecule has 0 saturated carbocycles. The Morgan fingerprint density at radius 2 is 1.82 bits per heavy atom. The summed E-state index contributed by atoms with van der Waals surface area (Å²) in [5.74, 6) is -0.0834. The fourth-order valence-corrected chi connectivity index (χ4v) is 5.76. The summed E-state index contributed by atoms with van der Waals surface area (Å²) in [6.07, 6.45) is 2.08. The quantitative estimate of drug-likeness (QED) is 0.207. The van der Waals surface area contributed by atoms with Gasteiger partial charge < -0.3 is 15.5 Å². The van der Waals surface area contributed by atoms with Gasteiger partial charge in [0.15, 0.2) is 0 Å². The Bertz CT molecular complexity index is 1970. The summed E-state index contributed by atoms with van der Waals surface area (Å²) in [6.45, 7) is 5.48. The first-order valence-electron chi connectivity index (χ1n) is 14.1. The lowest BCUT2D eigenvalue weighted by molar-refractivity contribution is -0.114. The number of carbonyl (C=O) groups excluding carboxylic acids is 2. The van der Waals surface area contributed by atoms with E-state index in [-0.39, 0.29) is 36.0 Å². The molecule has 12 heteroatoms. The van der Waals surface area contributed by atoms with E-state index in [0.717, 1.165) is 16.5 Å². The van der Waals surface area contributed by atoms with Crippen LogP contribution >= 0.6 is 23.2 Å². The van der Waals surface area contributed by atoms with Crippen LogP contribution in [0.1, 0.15) is 54.0 Å². The van der Waals surface area contributed by atoms with Crippen LogP contribution in [0.15, 0.2) is 71.7 Å². The first-order valence-corrected chi connectivity index (χ1v) is 14.8. The van der Waals surface area contributed by atoms with Crippen molar-refractivity contribution in [2.45, 2.75) is 45.8 Å². The van der Waals surface area contributed by atoms with Crippen LogP contribution in [-0.2, 0) is 17.8 Å². The van der Waals surface area contributed by atoms with Gasteiger partial charge in [0.25, 0.3) is 11.5 Å². The Labute approximate surface area is 263 Å². The summed E-state index contributed by atoms with van der Waals surface area (Å²) in [6, 6.07) is 17.3. The van der Waals surface area contributed by atoms with Crippen molar-refractivity contribution in [1.29, 1.82) is 0 Å². The Balaban J connectivity index is 1.41. The van der Waals surface area contributed by atoms with Gasteiger partial charge in [-0.2, -0.15) is 5.10 Å². The zero-order chi connectivity index (χ0) is 31.1. The van der Waals surface area contributed by atoms with Crippen molar-refractivity contribution in [3.63, 3.8) is 0 Å². The summed E-state index contributed by atoms with van der Waals surface area (Å²) < 4.78 is 1.55. The molecule has 0 bridgehead atoms. The van der Waals surface area contributed by atoms with Gasteiger partial charge >= 0.3 is 0 Å². The average molecular weight is 631 g/mol. The highest BCUT2D eigenvalue weighted by Gasteiger charge is 2.32. The predicted octanol–water partition coefficient (Wildman–Crippen LogP) is 6.13. The van der Waals surface area contributed by atoms with Gasteiger partial charge in [-0.1, -0.05) is 29.3 Å². The number of nitrogens with one attached hydrogen (secondary N) is 3. The fraction of sp³-hybridized carbons (Fsp3) is 0.219. The van der Waals surface area contributed by atoms with Crippen molar-refractivity contribution < 1.29 is 9.59 Å². The first-order chi connectivity index (χ1) is 21.1. The largest absolute Gasteiger partial charge is 0.349 e. The van der Waals surface area contributed by atoms with E-state index in [4.69, 9.17) is 28.2 Å². The molecule has 0 radical (unpaired) electrons. The molecule has 3 heterocycles. The number of anilines is 2. The number of benzene rings is 3. The number of fused-ring (bicyclic) bond motifs is 2. The van der Waals surface area contributed by atoms with Crippen molar-refractivity contribution in [2.75, 3.05) is 10.6 Å². The lowest BCUT2D eigenvalue weighted by Gasteiger charge is -2.35. The highest BCUT2D eigenvalue weighted by molar-refractivity contribution is 6.42. The maximum absolute atomic E-state index is 14.2. The number of rotatable bonds is 6. The van der Waals surface area contributed by atoms with Crippen LogP contribution in [0.3, 0.4) is 0 Å². The molecular weight excluding hydrogens is 601 g/mol. The van der Waals surface area contributed by atoms with Crippen molar-refractivity contribution >= 4 is 57.6 Å². The lowest BCUT2D eigenvalue weighted by atomic mass is 9.98. The molecule has 0 spiro atoms. The molecule has 6 rings (SSSR count). The van der Waals surface area contributed by atoms with E-state index in [9.17, 15) is 14.4 Å². The SMILES string of the molecule is CC(=O)Nc1ccc(-n2c(NC(C)c3ccc4[nH]ncc4c3)nc3c(c2=O)C[C@@H](C)N(C(=O)c2ccc(Cl)c(Cl)c2)C3)cc1. The zero-order valence-electron chi connectivity index (χ0n) is 24.2. The third-order valence-corrected chi connectivity index (χ3v) is 8.54. The monoisotopic (exact) mass is 629 g/mol. The molecule has 0 fully saturated rings. The first kappa shape index (κ1) is 29.4. The Morgan fingerprint density at radius 3 is 2.55 bits per heavy atom. The minimum absolute atomic E-state index is 0.150. The molecule has 0 aliphatic carbocycles. The van der Waals surface area contributed by atoms with E-state index < -0.39 is 0 Å². The van der Waals surface area contributed by atoms with Gasteiger partial charge in [0.1, 0.15) is 0 Å². The molecule has 44 heavy (non-hydrogen) atoms. The van der Waals surface area contributed by atoms with Crippen LogP contribution in [0.4, 0.5) is 11.6 Å². The predicted molar refractivity (Wildman–Crippen MR) is 172 cm³/mol. The normalized spacial score (nSPS) is 15.1. The highest BCUT2D eigenvalue weighted by atomic mass is 35.5. The second-order valence-corrected chi connectivity index (χ2v) is 11.7. The van der Waals surface area contributed by atoms with Gasteiger partial charge in [-0.3, -0.25) is 19.5 Å². The van der Waals surface area contributed by atoms with Crippen molar-refractivity contribution in [3.05, 3.63) is 110 Å². The molecular formula is C32H29Cl2N7O3. The van der Waals surface area contributed by atoms with E-state index in [0.29, 0.717) is 50.6 Å². The van der Waals surface area contributed by atoms with Gasteiger partial charge in [-0.05, 0) is 80.4 Å². The number of H-pyrrole nitrogens is 1. The van der Waals surface area contributed by atoms with Crippen molar-refractivity contribution in [3.8, 4) is 5.69 Å². The number of amides is 2. The maximum atomic E-state index is 14.2. The van der Waals surface area contributed by atoms with E-state index in [2.05, 4.69) is 20.8 Å². The smallest absolute Gasteiger partial charge is 0.263 e. The Kier molecular flexibility index (Phi) is 7.87. The minimum Gasteiger partial charge on any atom is -0.349 e. The summed E-state index contributed by atoms with van der Waals surface area (Å²) in [4.78, 5) is 46.0. The number of halogens is 2. The third-order valence-electron chi connectivity index (χ3n) is 7.80. The van der Waals surface area contributed by atoms with E-state index in [1.54, 1.807) is 58.1 Å². The van der Waals surface area contributed by atoms with Crippen LogP contribution in [0.2, 0.25) is 10.0 Å².